The molecule has 0 aromatic heterocycles. The molecule has 6 nitrogen and oxygen atoms in total. The highest BCUT2D eigenvalue weighted by Crippen LogP contribution is 2.51. The zero-order chi connectivity index (χ0) is 34.1. The van der Waals surface area contributed by atoms with Crippen molar-refractivity contribution in [3.63, 3.8) is 0 Å². The highest BCUT2D eigenvalue weighted by molar-refractivity contribution is 6.32. The molecule has 3 aliphatic rings. The Morgan fingerprint density at radius 1 is 0.809 bits per heavy atom. The Balaban J connectivity index is 1.50. The molecule has 0 bridgehead atoms. The molecule has 0 fully saturated rings. The van der Waals surface area contributed by atoms with Gasteiger partial charge in [0.1, 0.15) is 11.5 Å². The molecule has 0 N–H and O–H groups in total. The van der Waals surface area contributed by atoms with Crippen molar-refractivity contribution in [3.8, 4) is 11.5 Å². The van der Waals surface area contributed by atoms with Crippen LogP contribution < -0.4 is 19.3 Å². The predicted octanol–water partition coefficient (Wildman–Crippen LogP) is 8.92. The zero-order valence-electron chi connectivity index (χ0n) is 30.1. The molecule has 2 aromatic carbocycles. The number of anilines is 2. The van der Waals surface area contributed by atoms with Crippen molar-refractivity contribution >= 4 is 23.0 Å². The van der Waals surface area contributed by atoms with Crippen LogP contribution in [-0.2, 0) is 20.3 Å². The molecule has 0 amide bonds. The van der Waals surface area contributed by atoms with Crippen LogP contribution in [0.15, 0.2) is 70.4 Å². The van der Waals surface area contributed by atoms with Crippen LogP contribution in [-0.4, -0.2) is 60.8 Å². The molecule has 2 aromatic rings. The van der Waals surface area contributed by atoms with E-state index in [9.17, 15) is 0 Å². The minimum absolute atomic E-state index is 0.126. The fourth-order valence-electron chi connectivity index (χ4n) is 7.81. The van der Waals surface area contributed by atoms with Crippen LogP contribution in [0.5, 0.6) is 11.5 Å². The first-order chi connectivity index (χ1) is 22.4. The SMILES string of the molecule is COCCN1C(=CC=C2CCCC(C=CC3N(CCOC)c4c(C)cc(OC)cc4C3(C)C)=C2Cl)C(C)(C)c2cc(OC)cc(C)c21. The lowest BCUT2D eigenvalue weighted by Crippen LogP contribution is -2.41. The van der Waals surface area contributed by atoms with Crippen LogP contribution in [0.2, 0.25) is 0 Å². The number of hydrogen-bond donors (Lipinski definition) is 0. The normalized spacial score (nSPS) is 21.7. The van der Waals surface area contributed by atoms with E-state index >= 15 is 0 Å². The first kappa shape index (κ1) is 35.1. The largest absolute Gasteiger partial charge is 0.497 e. The van der Waals surface area contributed by atoms with E-state index < -0.39 is 0 Å². The molecule has 1 atom stereocenters. The summed E-state index contributed by atoms with van der Waals surface area (Å²) in [5.41, 5.74) is 10.8. The average molecular weight is 661 g/mol. The molecular formula is C40H53ClN2O4. The summed E-state index contributed by atoms with van der Waals surface area (Å²) in [7, 11) is 7.00. The molecule has 5 rings (SSSR count). The third-order valence-electron chi connectivity index (χ3n) is 10.4. The highest BCUT2D eigenvalue weighted by Gasteiger charge is 2.44. The number of rotatable bonds is 11. The van der Waals surface area contributed by atoms with Gasteiger partial charge < -0.3 is 28.7 Å². The lowest BCUT2D eigenvalue weighted by Gasteiger charge is -2.33. The van der Waals surface area contributed by atoms with Crippen LogP contribution in [0.25, 0.3) is 0 Å². The summed E-state index contributed by atoms with van der Waals surface area (Å²) in [4.78, 5) is 4.91. The van der Waals surface area contributed by atoms with Gasteiger partial charge >= 0.3 is 0 Å². The lowest BCUT2D eigenvalue weighted by molar-refractivity contribution is 0.203. The van der Waals surface area contributed by atoms with Crippen molar-refractivity contribution in [2.24, 2.45) is 0 Å². The fraction of sp³-hybridized carbons (Fsp3) is 0.500. The van der Waals surface area contributed by atoms with Crippen molar-refractivity contribution < 1.29 is 18.9 Å². The van der Waals surface area contributed by atoms with Crippen molar-refractivity contribution in [2.45, 2.75) is 77.7 Å². The molecular weight excluding hydrogens is 608 g/mol. The van der Waals surface area contributed by atoms with Gasteiger partial charge in [-0.3, -0.25) is 0 Å². The summed E-state index contributed by atoms with van der Waals surface area (Å²) in [5, 5.41) is 0.869. The van der Waals surface area contributed by atoms with E-state index in [1.165, 1.54) is 50.5 Å². The number of allylic oxidation sites excluding steroid dienone is 7. The number of methoxy groups -OCH3 is 4. The van der Waals surface area contributed by atoms with Crippen molar-refractivity contribution in [1.29, 1.82) is 0 Å². The Bertz CT molecular complexity index is 1620. The van der Waals surface area contributed by atoms with Crippen molar-refractivity contribution in [3.05, 3.63) is 92.7 Å². The molecule has 0 saturated heterocycles. The number of ether oxygens (including phenoxy) is 4. The van der Waals surface area contributed by atoms with E-state index in [2.05, 4.69) is 99.9 Å². The molecule has 1 aliphatic carbocycles. The zero-order valence-corrected chi connectivity index (χ0v) is 30.8. The van der Waals surface area contributed by atoms with Gasteiger partial charge in [-0.05, 0) is 96.9 Å². The maximum atomic E-state index is 7.24. The highest BCUT2D eigenvalue weighted by atomic mass is 35.5. The quantitative estimate of drug-likeness (QED) is 0.240. The van der Waals surface area contributed by atoms with E-state index in [0.717, 1.165) is 48.9 Å². The summed E-state index contributed by atoms with van der Waals surface area (Å²) in [6, 6.07) is 8.79. The Labute approximate surface area is 287 Å². The molecule has 7 heteroatoms. The third kappa shape index (κ3) is 6.49. The fourth-order valence-corrected chi connectivity index (χ4v) is 8.13. The van der Waals surface area contributed by atoms with Gasteiger partial charge in [0.05, 0.1) is 33.5 Å². The van der Waals surface area contributed by atoms with Crippen LogP contribution in [0.3, 0.4) is 0 Å². The van der Waals surface area contributed by atoms with Crippen LogP contribution >= 0.6 is 11.6 Å². The topological polar surface area (TPSA) is 43.4 Å². The second kappa shape index (κ2) is 14.1. The van der Waals surface area contributed by atoms with Gasteiger partial charge in [-0.1, -0.05) is 57.5 Å². The standard InChI is InChI=1S/C40H53ClN2O4/c1-26-22-30(46-9)24-32-37(26)42(18-20-44-7)34(39(32,3)4)16-14-28-12-11-13-29(36(28)41)15-17-35-40(5,6)33-25-31(47-10)23-27(2)38(33)43(35)19-21-45-8/h14-17,22-25,34H,11-13,18-21H2,1-10H3. The molecule has 2 heterocycles. The molecule has 254 valence electrons. The summed E-state index contributed by atoms with van der Waals surface area (Å²) >= 11 is 7.24. The van der Waals surface area contributed by atoms with Gasteiger partial charge in [0.2, 0.25) is 0 Å². The molecule has 0 spiro atoms. The third-order valence-corrected chi connectivity index (χ3v) is 10.9. The Kier molecular flexibility index (Phi) is 10.5. The maximum absolute atomic E-state index is 7.24. The smallest absolute Gasteiger partial charge is 0.119 e. The Morgan fingerprint density at radius 2 is 1.43 bits per heavy atom. The lowest BCUT2D eigenvalue weighted by atomic mass is 9.79. The van der Waals surface area contributed by atoms with Crippen LogP contribution in [0.4, 0.5) is 11.4 Å². The average Bonchev–Trinajstić information content (AvgIpc) is 3.39. The maximum Gasteiger partial charge on any atom is 0.119 e. The summed E-state index contributed by atoms with van der Waals surface area (Å²) < 4.78 is 22.4. The molecule has 2 aliphatic heterocycles. The number of hydrogen-bond acceptors (Lipinski definition) is 6. The number of fused-ring (bicyclic) bond motifs is 2. The molecule has 0 saturated carbocycles. The summed E-state index contributed by atoms with van der Waals surface area (Å²) in [6.07, 6.45) is 12.2. The van der Waals surface area contributed by atoms with E-state index in [0.29, 0.717) is 13.2 Å². The Hall–Kier alpha value is -3.19. The van der Waals surface area contributed by atoms with Gasteiger partial charge in [0.15, 0.2) is 0 Å². The van der Waals surface area contributed by atoms with Gasteiger partial charge in [-0.2, -0.15) is 0 Å². The molecule has 47 heavy (non-hydrogen) atoms. The van der Waals surface area contributed by atoms with E-state index in [1.807, 2.05) is 0 Å². The minimum atomic E-state index is -0.206. The molecule has 1 unspecified atom stereocenters. The first-order valence-electron chi connectivity index (χ1n) is 16.8. The predicted molar refractivity (Wildman–Crippen MR) is 196 cm³/mol. The van der Waals surface area contributed by atoms with Crippen molar-refractivity contribution in [1.82, 2.24) is 0 Å². The van der Waals surface area contributed by atoms with Crippen LogP contribution in [0.1, 0.15) is 69.2 Å². The second-order valence-electron chi connectivity index (χ2n) is 14.1. The molecule has 0 radical (unpaired) electrons. The van der Waals surface area contributed by atoms with Crippen molar-refractivity contribution in [2.75, 3.05) is 64.5 Å². The minimum Gasteiger partial charge on any atom is -0.497 e. The number of aryl methyl sites for hydroxylation is 2. The van der Waals surface area contributed by atoms with E-state index in [4.69, 9.17) is 30.5 Å². The van der Waals surface area contributed by atoms with E-state index in [1.54, 1.807) is 28.4 Å². The Morgan fingerprint density at radius 3 is 2.06 bits per heavy atom. The van der Waals surface area contributed by atoms with E-state index in [-0.39, 0.29) is 16.9 Å². The number of halogens is 1. The van der Waals surface area contributed by atoms with Gasteiger partial charge in [-0.25, -0.2) is 0 Å². The second-order valence-corrected chi connectivity index (χ2v) is 14.5. The van der Waals surface area contributed by atoms with Gasteiger partial charge in [0, 0.05) is 60.2 Å². The van der Waals surface area contributed by atoms with Gasteiger partial charge in [0.25, 0.3) is 0 Å². The van der Waals surface area contributed by atoms with Gasteiger partial charge in [-0.15, -0.1) is 0 Å². The number of nitrogens with zero attached hydrogens (tertiary/aromatic N) is 2. The first-order valence-corrected chi connectivity index (χ1v) is 17.2. The summed E-state index contributed by atoms with van der Waals surface area (Å²) in [5.74, 6) is 1.79. The summed E-state index contributed by atoms with van der Waals surface area (Å²) in [6.45, 7) is 16.5. The van der Waals surface area contributed by atoms with Crippen LogP contribution in [0, 0.1) is 13.8 Å². The number of benzene rings is 2. The monoisotopic (exact) mass is 660 g/mol.